The van der Waals surface area contributed by atoms with Crippen LogP contribution in [-0.4, -0.2) is 33.3 Å². The van der Waals surface area contributed by atoms with Crippen molar-refractivity contribution >= 4 is 0 Å². The molecule has 0 aliphatic carbocycles. The van der Waals surface area contributed by atoms with Crippen LogP contribution < -0.4 is 5.32 Å². The molecule has 0 amide bonds. The average molecular weight is 207 g/mol. The molecule has 15 heavy (non-hydrogen) atoms. The van der Waals surface area contributed by atoms with Crippen LogP contribution in [0.2, 0.25) is 0 Å². The smallest absolute Gasteiger partial charge is 0.240 e. The summed E-state index contributed by atoms with van der Waals surface area (Å²) in [4.78, 5) is 1.56. The van der Waals surface area contributed by atoms with Gasteiger partial charge in [-0.05, 0) is 23.9 Å². The zero-order chi connectivity index (χ0) is 10.5. The van der Waals surface area contributed by atoms with Crippen molar-refractivity contribution in [3.63, 3.8) is 0 Å². The highest BCUT2D eigenvalue weighted by molar-refractivity contribution is 5.43. The van der Waals surface area contributed by atoms with Crippen molar-refractivity contribution in [3.05, 3.63) is 18.4 Å². The van der Waals surface area contributed by atoms with E-state index in [2.05, 4.69) is 27.7 Å². The van der Waals surface area contributed by atoms with Gasteiger partial charge in [0.1, 0.15) is 0 Å². The summed E-state index contributed by atoms with van der Waals surface area (Å²) in [6, 6.07) is 3.61. The second-order valence-electron chi connectivity index (χ2n) is 3.04. The molecule has 80 valence electrons. The molecule has 0 saturated heterocycles. The van der Waals surface area contributed by atoms with Crippen LogP contribution in [0, 0.1) is 0 Å². The highest BCUT2D eigenvalue weighted by Crippen LogP contribution is 2.12. The topological polar surface area (TPSA) is 68.8 Å². The van der Waals surface area contributed by atoms with E-state index in [1.807, 2.05) is 6.07 Å². The molecule has 6 heteroatoms. The molecule has 2 aromatic heterocycles. The maximum atomic E-state index is 5.16. The first-order chi connectivity index (χ1) is 7.40. The van der Waals surface area contributed by atoms with Crippen molar-refractivity contribution in [3.8, 4) is 11.6 Å². The number of rotatable bonds is 5. The summed E-state index contributed by atoms with van der Waals surface area (Å²) >= 11 is 0. The molecule has 0 radical (unpaired) electrons. The van der Waals surface area contributed by atoms with E-state index < -0.39 is 0 Å². The maximum absolute atomic E-state index is 5.16. The summed E-state index contributed by atoms with van der Waals surface area (Å²) in [7, 11) is 0. The third kappa shape index (κ3) is 2.41. The molecule has 0 saturated carbocycles. The molecule has 0 aliphatic rings. The molecular formula is C9H13N5O. The lowest BCUT2D eigenvalue weighted by Crippen LogP contribution is -2.20. The summed E-state index contributed by atoms with van der Waals surface area (Å²) in [5.74, 6) is 1.17. The quantitative estimate of drug-likeness (QED) is 0.725. The summed E-state index contributed by atoms with van der Waals surface area (Å²) in [6.45, 7) is 4.55. The standard InChI is InChI=1S/C9H13N5O/c1-2-10-5-6-14-12-9(11-13-14)8-4-3-7-15-8/h3-4,7,10H,2,5-6H2,1H3. The number of hydrogen-bond acceptors (Lipinski definition) is 5. The van der Waals surface area contributed by atoms with Crippen LogP contribution in [0.3, 0.4) is 0 Å². The normalized spacial score (nSPS) is 10.7. The Morgan fingerprint density at radius 1 is 1.53 bits per heavy atom. The van der Waals surface area contributed by atoms with Gasteiger partial charge in [0.25, 0.3) is 0 Å². The van der Waals surface area contributed by atoms with Gasteiger partial charge < -0.3 is 9.73 Å². The Hall–Kier alpha value is -1.69. The molecule has 0 spiro atoms. The molecule has 0 bridgehead atoms. The second-order valence-corrected chi connectivity index (χ2v) is 3.04. The minimum atomic E-state index is 0.525. The van der Waals surface area contributed by atoms with E-state index in [1.165, 1.54) is 0 Å². The van der Waals surface area contributed by atoms with Gasteiger partial charge in [0.05, 0.1) is 12.8 Å². The number of aromatic nitrogens is 4. The highest BCUT2D eigenvalue weighted by atomic mass is 16.3. The molecule has 0 atom stereocenters. The summed E-state index contributed by atoms with van der Waals surface area (Å²) < 4.78 is 5.16. The number of tetrazole rings is 1. The minimum Gasteiger partial charge on any atom is -0.461 e. The van der Waals surface area contributed by atoms with Crippen LogP contribution >= 0.6 is 0 Å². The largest absolute Gasteiger partial charge is 0.461 e. The molecule has 0 aliphatic heterocycles. The van der Waals surface area contributed by atoms with E-state index in [1.54, 1.807) is 17.1 Å². The van der Waals surface area contributed by atoms with E-state index in [4.69, 9.17) is 4.42 Å². The minimum absolute atomic E-state index is 0.525. The Morgan fingerprint density at radius 2 is 2.47 bits per heavy atom. The lowest BCUT2D eigenvalue weighted by atomic mass is 10.4. The Kier molecular flexibility index (Phi) is 3.08. The van der Waals surface area contributed by atoms with Gasteiger partial charge in [-0.1, -0.05) is 6.92 Å². The number of nitrogens with zero attached hydrogens (tertiary/aromatic N) is 4. The number of furan rings is 1. The third-order valence-corrected chi connectivity index (χ3v) is 1.93. The monoisotopic (exact) mass is 207 g/mol. The molecule has 2 rings (SSSR count). The van der Waals surface area contributed by atoms with Crippen LogP contribution in [0.4, 0.5) is 0 Å². The van der Waals surface area contributed by atoms with Gasteiger partial charge in [0, 0.05) is 6.54 Å². The second kappa shape index (κ2) is 4.70. The zero-order valence-electron chi connectivity index (χ0n) is 8.55. The van der Waals surface area contributed by atoms with Crippen LogP contribution in [0.25, 0.3) is 11.6 Å². The van der Waals surface area contributed by atoms with E-state index in [0.29, 0.717) is 18.1 Å². The van der Waals surface area contributed by atoms with E-state index in [-0.39, 0.29) is 0 Å². The number of nitrogens with one attached hydrogen (secondary N) is 1. The number of likely N-dealkylation sites (N-methyl/N-ethyl adjacent to an activating group) is 1. The fourth-order valence-corrected chi connectivity index (χ4v) is 1.20. The first-order valence-corrected chi connectivity index (χ1v) is 4.92. The van der Waals surface area contributed by atoms with Gasteiger partial charge in [-0.2, -0.15) is 4.80 Å². The van der Waals surface area contributed by atoms with Gasteiger partial charge in [-0.15, -0.1) is 10.2 Å². The summed E-state index contributed by atoms with van der Waals surface area (Å²) in [5, 5.41) is 15.2. The van der Waals surface area contributed by atoms with Crippen LogP contribution in [0.1, 0.15) is 6.92 Å². The van der Waals surface area contributed by atoms with Gasteiger partial charge >= 0.3 is 0 Å². The Labute approximate surface area is 87.3 Å². The molecule has 6 nitrogen and oxygen atoms in total. The molecule has 0 fully saturated rings. The first-order valence-electron chi connectivity index (χ1n) is 4.92. The number of hydrogen-bond donors (Lipinski definition) is 1. The average Bonchev–Trinajstić information content (AvgIpc) is 2.87. The zero-order valence-corrected chi connectivity index (χ0v) is 8.55. The predicted octanol–water partition coefficient (Wildman–Crippen LogP) is 0.543. The molecule has 0 unspecified atom stereocenters. The lowest BCUT2D eigenvalue weighted by Gasteiger charge is -1.98. The van der Waals surface area contributed by atoms with Crippen molar-refractivity contribution in [2.45, 2.75) is 13.5 Å². The fraction of sp³-hybridized carbons (Fsp3) is 0.444. The van der Waals surface area contributed by atoms with Crippen molar-refractivity contribution in [2.75, 3.05) is 13.1 Å². The molecular weight excluding hydrogens is 194 g/mol. The van der Waals surface area contributed by atoms with Gasteiger partial charge in [-0.3, -0.25) is 0 Å². The highest BCUT2D eigenvalue weighted by Gasteiger charge is 2.07. The first kappa shape index (κ1) is 9.85. The molecule has 2 heterocycles. The fourth-order valence-electron chi connectivity index (χ4n) is 1.20. The van der Waals surface area contributed by atoms with E-state index in [9.17, 15) is 0 Å². The van der Waals surface area contributed by atoms with E-state index >= 15 is 0 Å². The Balaban J connectivity index is 1.98. The Bertz CT molecular complexity index is 394. The van der Waals surface area contributed by atoms with Crippen molar-refractivity contribution in [1.29, 1.82) is 0 Å². The van der Waals surface area contributed by atoms with Crippen LogP contribution in [0.15, 0.2) is 22.8 Å². The van der Waals surface area contributed by atoms with Gasteiger partial charge in [0.2, 0.25) is 5.82 Å². The van der Waals surface area contributed by atoms with Gasteiger partial charge in [0.15, 0.2) is 5.76 Å². The van der Waals surface area contributed by atoms with Crippen molar-refractivity contribution in [1.82, 2.24) is 25.5 Å². The van der Waals surface area contributed by atoms with Gasteiger partial charge in [-0.25, -0.2) is 0 Å². The molecule has 1 N–H and O–H groups in total. The third-order valence-electron chi connectivity index (χ3n) is 1.93. The summed E-state index contributed by atoms with van der Waals surface area (Å²) in [5.41, 5.74) is 0. The van der Waals surface area contributed by atoms with Crippen LogP contribution in [0.5, 0.6) is 0 Å². The lowest BCUT2D eigenvalue weighted by molar-refractivity contribution is 0.496. The SMILES string of the molecule is CCNCCn1nnc(-c2ccco2)n1. The molecule has 2 aromatic rings. The van der Waals surface area contributed by atoms with Crippen molar-refractivity contribution < 1.29 is 4.42 Å². The Morgan fingerprint density at radius 3 is 3.20 bits per heavy atom. The summed E-state index contributed by atoms with van der Waals surface area (Å²) in [6.07, 6.45) is 1.59. The van der Waals surface area contributed by atoms with Crippen LogP contribution in [-0.2, 0) is 6.54 Å². The predicted molar refractivity (Wildman–Crippen MR) is 54.1 cm³/mol. The van der Waals surface area contributed by atoms with E-state index in [0.717, 1.165) is 13.1 Å². The molecule has 0 aromatic carbocycles. The van der Waals surface area contributed by atoms with Crippen molar-refractivity contribution in [2.24, 2.45) is 0 Å². The maximum Gasteiger partial charge on any atom is 0.240 e.